The number of benzene rings is 2. The van der Waals surface area contributed by atoms with Crippen molar-refractivity contribution in [3.8, 4) is 0 Å². The van der Waals surface area contributed by atoms with Crippen molar-refractivity contribution in [2.45, 2.75) is 46.1 Å². The van der Waals surface area contributed by atoms with E-state index in [0.717, 1.165) is 40.3 Å². The highest BCUT2D eigenvalue weighted by Gasteiger charge is 2.17. The van der Waals surface area contributed by atoms with E-state index in [4.69, 9.17) is 0 Å². The smallest absolute Gasteiger partial charge is 0.220 e. The predicted octanol–water partition coefficient (Wildman–Crippen LogP) is 4.69. The molecule has 1 N–H and O–H groups in total. The van der Waals surface area contributed by atoms with Crippen molar-refractivity contribution < 1.29 is 4.79 Å². The molecular formula is C26H28N4O. The maximum Gasteiger partial charge on any atom is 0.220 e. The Kier molecular flexibility index (Phi) is 6.12. The topological polar surface area (TPSA) is 59.3 Å². The average molecular weight is 413 g/mol. The van der Waals surface area contributed by atoms with Gasteiger partial charge >= 0.3 is 0 Å². The molecule has 1 unspecified atom stereocenters. The third kappa shape index (κ3) is 4.82. The molecule has 4 aromatic rings. The zero-order valence-electron chi connectivity index (χ0n) is 18.3. The van der Waals surface area contributed by atoms with Crippen molar-refractivity contribution in [2.24, 2.45) is 0 Å². The van der Waals surface area contributed by atoms with Crippen LogP contribution in [0.4, 0.5) is 0 Å². The molecule has 2 heterocycles. The van der Waals surface area contributed by atoms with Crippen molar-refractivity contribution in [3.63, 3.8) is 0 Å². The Labute approximate surface area is 183 Å². The van der Waals surface area contributed by atoms with Gasteiger partial charge in [0.1, 0.15) is 0 Å². The van der Waals surface area contributed by atoms with Gasteiger partial charge in [-0.05, 0) is 50.3 Å². The van der Waals surface area contributed by atoms with Crippen LogP contribution in [0, 0.1) is 20.8 Å². The number of nitrogens with zero attached hydrogens (tertiary/aromatic N) is 3. The van der Waals surface area contributed by atoms with Gasteiger partial charge in [0.25, 0.3) is 0 Å². The zero-order valence-corrected chi connectivity index (χ0v) is 18.3. The first-order valence-electron chi connectivity index (χ1n) is 10.7. The average Bonchev–Trinajstić information content (AvgIpc) is 3.15. The highest BCUT2D eigenvalue weighted by molar-refractivity contribution is 5.77. The number of aryl methyl sites for hydroxylation is 3. The molecule has 0 saturated carbocycles. The number of amides is 1. The Morgan fingerprint density at radius 3 is 2.39 bits per heavy atom. The van der Waals surface area contributed by atoms with E-state index >= 15 is 0 Å². The van der Waals surface area contributed by atoms with Crippen LogP contribution in [0.5, 0.6) is 0 Å². The van der Waals surface area contributed by atoms with Crippen molar-refractivity contribution in [1.82, 2.24) is 19.9 Å². The molecule has 0 aliphatic heterocycles. The molecule has 5 nitrogen and oxygen atoms in total. The molecule has 2 aromatic heterocycles. The molecule has 1 amide bonds. The number of carbonyl (C=O) groups excluding carboxylic acids is 1. The van der Waals surface area contributed by atoms with Crippen LogP contribution in [0.3, 0.4) is 0 Å². The fourth-order valence-electron chi connectivity index (χ4n) is 4.10. The van der Waals surface area contributed by atoms with Gasteiger partial charge in [0, 0.05) is 23.9 Å². The monoisotopic (exact) mass is 412 g/mol. The molecular weight excluding hydrogens is 384 g/mol. The summed E-state index contributed by atoms with van der Waals surface area (Å²) in [7, 11) is 0. The summed E-state index contributed by atoms with van der Waals surface area (Å²) in [5, 5.41) is 7.78. The van der Waals surface area contributed by atoms with E-state index in [1.165, 1.54) is 5.56 Å². The van der Waals surface area contributed by atoms with E-state index < -0.39 is 0 Å². The number of fused-ring (bicyclic) bond motifs is 1. The van der Waals surface area contributed by atoms with Crippen LogP contribution >= 0.6 is 0 Å². The fourth-order valence-corrected chi connectivity index (χ4v) is 4.10. The molecule has 31 heavy (non-hydrogen) atoms. The fraction of sp³-hybridized carbons (Fsp3) is 0.269. The first-order chi connectivity index (χ1) is 15.0. The van der Waals surface area contributed by atoms with E-state index in [0.29, 0.717) is 12.8 Å². The molecule has 4 rings (SSSR count). The lowest BCUT2D eigenvalue weighted by atomic mass is 9.98. The summed E-state index contributed by atoms with van der Waals surface area (Å²) in [5.41, 5.74) is 7.21. The molecule has 0 radical (unpaired) electrons. The number of hydrogen-bond acceptors (Lipinski definition) is 3. The van der Waals surface area contributed by atoms with Crippen LogP contribution in [0.25, 0.3) is 5.65 Å². The third-order valence-electron chi connectivity index (χ3n) is 5.71. The standard InChI is InChI=1S/C26H28N4O/c1-18-16-25-27-19(2)23(20(3)30(25)29-18)14-15-26(31)28-24(22-12-8-5-9-13-22)17-21-10-6-4-7-11-21/h4-13,16,24H,14-15,17H2,1-3H3,(H,28,31). The lowest BCUT2D eigenvalue weighted by Gasteiger charge is -2.20. The molecule has 0 spiro atoms. The van der Waals surface area contributed by atoms with E-state index in [2.05, 4.69) is 39.7 Å². The summed E-state index contributed by atoms with van der Waals surface area (Å²) in [4.78, 5) is 17.6. The molecule has 0 aliphatic carbocycles. The van der Waals surface area contributed by atoms with E-state index in [1.54, 1.807) is 0 Å². The van der Waals surface area contributed by atoms with Crippen LogP contribution in [-0.4, -0.2) is 20.5 Å². The van der Waals surface area contributed by atoms with E-state index in [9.17, 15) is 4.79 Å². The van der Waals surface area contributed by atoms with Crippen LogP contribution < -0.4 is 5.32 Å². The number of carbonyl (C=O) groups is 1. The van der Waals surface area contributed by atoms with Gasteiger partial charge in [-0.2, -0.15) is 5.10 Å². The quantitative estimate of drug-likeness (QED) is 0.479. The van der Waals surface area contributed by atoms with Gasteiger partial charge in [-0.3, -0.25) is 4.79 Å². The van der Waals surface area contributed by atoms with Crippen molar-refractivity contribution in [3.05, 3.63) is 101 Å². The molecule has 0 fully saturated rings. The molecule has 5 heteroatoms. The minimum Gasteiger partial charge on any atom is -0.349 e. The normalized spacial score (nSPS) is 12.1. The Bertz CT molecular complexity index is 1180. The first kappa shape index (κ1) is 20.8. The molecule has 0 bridgehead atoms. The molecule has 1 atom stereocenters. The van der Waals surface area contributed by atoms with Crippen molar-refractivity contribution in [2.75, 3.05) is 0 Å². The second-order valence-corrected chi connectivity index (χ2v) is 8.04. The predicted molar refractivity (Wildman–Crippen MR) is 123 cm³/mol. The van der Waals surface area contributed by atoms with E-state index in [-0.39, 0.29) is 11.9 Å². The SMILES string of the molecule is Cc1cc2nc(C)c(CCC(=O)NC(Cc3ccccc3)c3ccccc3)c(C)n2n1. The molecule has 158 valence electrons. The third-order valence-corrected chi connectivity index (χ3v) is 5.71. The van der Waals surface area contributed by atoms with Gasteiger partial charge < -0.3 is 5.32 Å². The minimum atomic E-state index is -0.0623. The second-order valence-electron chi connectivity index (χ2n) is 8.04. The van der Waals surface area contributed by atoms with E-state index in [1.807, 2.05) is 67.8 Å². The number of rotatable bonds is 7. The van der Waals surface area contributed by atoms with Gasteiger partial charge in [0.2, 0.25) is 5.91 Å². The Hall–Kier alpha value is -3.47. The van der Waals surface area contributed by atoms with Gasteiger partial charge in [-0.15, -0.1) is 0 Å². The van der Waals surface area contributed by atoms with Gasteiger partial charge in [0.15, 0.2) is 5.65 Å². The summed E-state index contributed by atoms with van der Waals surface area (Å²) >= 11 is 0. The lowest BCUT2D eigenvalue weighted by molar-refractivity contribution is -0.121. The molecule has 0 aliphatic rings. The summed E-state index contributed by atoms with van der Waals surface area (Å²) in [6.45, 7) is 6.02. The summed E-state index contributed by atoms with van der Waals surface area (Å²) in [6.07, 6.45) is 1.81. The summed E-state index contributed by atoms with van der Waals surface area (Å²) < 4.78 is 1.87. The maximum atomic E-state index is 12.9. The van der Waals surface area contributed by atoms with Crippen molar-refractivity contribution >= 4 is 11.6 Å². The maximum absolute atomic E-state index is 12.9. The summed E-state index contributed by atoms with van der Waals surface area (Å²) in [6, 6.07) is 22.3. The minimum absolute atomic E-state index is 0.0420. The van der Waals surface area contributed by atoms with Crippen LogP contribution in [0.1, 0.15) is 46.2 Å². The lowest BCUT2D eigenvalue weighted by Crippen LogP contribution is -2.30. The van der Waals surface area contributed by atoms with Gasteiger partial charge in [-0.25, -0.2) is 9.50 Å². The Morgan fingerprint density at radius 1 is 1.00 bits per heavy atom. The largest absolute Gasteiger partial charge is 0.349 e. The Morgan fingerprint density at radius 2 is 1.68 bits per heavy atom. The van der Waals surface area contributed by atoms with Gasteiger partial charge in [-0.1, -0.05) is 60.7 Å². The second kappa shape index (κ2) is 9.13. The molecule has 0 saturated heterocycles. The Balaban J connectivity index is 1.49. The number of nitrogens with one attached hydrogen (secondary N) is 1. The van der Waals surface area contributed by atoms with Crippen LogP contribution in [0.2, 0.25) is 0 Å². The highest BCUT2D eigenvalue weighted by Crippen LogP contribution is 2.20. The van der Waals surface area contributed by atoms with Gasteiger partial charge in [0.05, 0.1) is 11.7 Å². The van der Waals surface area contributed by atoms with Crippen LogP contribution in [0.15, 0.2) is 66.7 Å². The highest BCUT2D eigenvalue weighted by atomic mass is 16.1. The van der Waals surface area contributed by atoms with Crippen molar-refractivity contribution in [1.29, 1.82) is 0 Å². The number of hydrogen-bond donors (Lipinski definition) is 1. The van der Waals surface area contributed by atoms with Crippen LogP contribution in [-0.2, 0) is 17.6 Å². The zero-order chi connectivity index (χ0) is 21.8. The first-order valence-corrected chi connectivity index (χ1v) is 10.7. The summed E-state index contributed by atoms with van der Waals surface area (Å²) in [5.74, 6) is 0.0420. The molecule has 2 aromatic carbocycles. The number of aromatic nitrogens is 3.